The molecule has 116 valence electrons. The van der Waals surface area contributed by atoms with Gasteiger partial charge in [0.05, 0.1) is 11.6 Å². The third-order valence-corrected chi connectivity index (χ3v) is 4.45. The molecule has 0 amide bonds. The van der Waals surface area contributed by atoms with Crippen molar-refractivity contribution in [3.05, 3.63) is 82.3 Å². The van der Waals surface area contributed by atoms with Crippen LogP contribution in [-0.4, -0.2) is 9.78 Å². The van der Waals surface area contributed by atoms with Crippen molar-refractivity contribution in [1.82, 2.24) is 9.78 Å². The number of benzene rings is 2. The minimum absolute atomic E-state index is 0.143. The number of hydrogen-bond donors (Lipinski definition) is 0. The molecule has 0 unspecified atom stereocenters. The normalized spacial score (nSPS) is 13.4. The molecule has 1 aliphatic heterocycles. The summed E-state index contributed by atoms with van der Waals surface area (Å²) in [5, 5.41) is 4.72. The van der Waals surface area contributed by atoms with E-state index in [0.717, 1.165) is 18.9 Å². The van der Waals surface area contributed by atoms with E-state index in [-0.39, 0.29) is 10.8 Å². The fourth-order valence-corrected chi connectivity index (χ4v) is 3.14. The van der Waals surface area contributed by atoms with Crippen molar-refractivity contribution in [2.24, 2.45) is 0 Å². The predicted molar refractivity (Wildman–Crippen MR) is 89.1 cm³/mol. The fourth-order valence-electron chi connectivity index (χ4n) is 2.95. The number of rotatable bonds is 3. The summed E-state index contributed by atoms with van der Waals surface area (Å²) < 4.78 is 15.7. The van der Waals surface area contributed by atoms with Crippen LogP contribution in [0.1, 0.15) is 16.7 Å². The van der Waals surface area contributed by atoms with Crippen molar-refractivity contribution in [3.8, 4) is 0 Å². The minimum atomic E-state index is -0.375. The van der Waals surface area contributed by atoms with E-state index < -0.39 is 0 Å². The SMILES string of the molecule is Fc1c(Cl)cccc1Cn1ccc(N2Cc3ccccc3C2)n1. The van der Waals surface area contributed by atoms with E-state index in [1.54, 1.807) is 22.9 Å². The Labute approximate surface area is 138 Å². The summed E-state index contributed by atoms with van der Waals surface area (Å²) in [6.07, 6.45) is 1.87. The molecule has 23 heavy (non-hydrogen) atoms. The summed E-state index contributed by atoms with van der Waals surface area (Å²) in [6.45, 7) is 2.09. The van der Waals surface area contributed by atoms with Gasteiger partial charge in [0.1, 0.15) is 5.82 Å². The summed E-state index contributed by atoms with van der Waals surface area (Å²) in [5.41, 5.74) is 3.21. The largest absolute Gasteiger partial charge is 0.346 e. The lowest BCUT2D eigenvalue weighted by Crippen LogP contribution is -2.15. The van der Waals surface area contributed by atoms with E-state index in [0.29, 0.717) is 12.1 Å². The van der Waals surface area contributed by atoms with Gasteiger partial charge in [-0.15, -0.1) is 0 Å². The Balaban J connectivity index is 1.53. The van der Waals surface area contributed by atoms with Gasteiger partial charge in [0.2, 0.25) is 0 Å². The number of fused-ring (bicyclic) bond motifs is 1. The highest BCUT2D eigenvalue weighted by Gasteiger charge is 2.20. The van der Waals surface area contributed by atoms with Crippen LogP contribution in [0.3, 0.4) is 0 Å². The maximum Gasteiger partial charge on any atom is 0.151 e. The van der Waals surface area contributed by atoms with Gasteiger partial charge in [0.15, 0.2) is 5.82 Å². The van der Waals surface area contributed by atoms with Gasteiger partial charge in [-0.25, -0.2) is 4.39 Å². The van der Waals surface area contributed by atoms with Crippen molar-refractivity contribution in [2.45, 2.75) is 19.6 Å². The first kappa shape index (κ1) is 14.3. The van der Waals surface area contributed by atoms with Gasteiger partial charge in [0.25, 0.3) is 0 Å². The first-order chi connectivity index (χ1) is 11.2. The van der Waals surface area contributed by atoms with Crippen LogP contribution in [0, 0.1) is 5.82 Å². The number of hydrogen-bond acceptors (Lipinski definition) is 2. The lowest BCUT2D eigenvalue weighted by molar-refractivity contribution is 0.584. The highest BCUT2D eigenvalue weighted by Crippen LogP contribution is 2.27. The highest BCUT2D eigenvalue weighted by molar-refractivity contribution is 6.30. The van der Waals surface area contributed by atoms with Gasteiger partial charge in [0, 0.05) is 30.9 Å². The molecule has 0 saturated carbocycles. The van der Waals surface area contributed by atoms with Crippen molar-refractivity contribution < 1.29 is 4.39 Å². The predicted octanol–water partition coefficient (Wildman–Crippen LogP) is 4.24. The van der Waals surface area contributed by atoms with E-state index in [9.17, 15) is 4.39 Å². The highest BCUT2D eigenvalue weighted by atomic mass is 35.5. The second kappa shape index (κ2) is 5.70. The Morgan fingerprint density at radius 3 is 2.48 bits per heavy atom. The van der Waals surface area contributed by atoms with Gasteiger partial charge in [-0.2, -0.15) is 5.10 Å². The van der Waals surface area contributed by atoms with Crippen molar-refractivity contribution in [1.29, 1.82) is 0 Å². The van der Waals surface area contributed by atoms with Crippen LogP contribution >= 0.6 is 11.6 Å². The minimum Gasteiger partial charge on any atom is -0.346 e. The van der Waals surface area contributed by atoms with Crippen LogP contribution in [0.5, 0.6) is 0 Å². The Bertz CT molecular complexity index is 834. The van der Waals surface area contributed by atoms with Gasteiger partial charge in [-0.1, -0.05) is 48.0 Å². The lowest BCUT2D eigenvalue weighted by Gasteiger charge is -2.13. The molecular formula is C18H15ClFN3. The van der Waals surface area contributed by atoms with Gasteiger partial charge < -0.3 is 4.90 Å². The molecule has 0 fully saturated rings. The molecule has 0 atom stereocenters. The topological polar surface area (TPSA) is 21.1 Å². The lowest BCUT2D eigenvalue weighted by atomic mass is 10.1. The molecule has 5 heteroatoms. The maximum atomic E-state index is 14.0. The van der Waals surface area contributed by atoms with Crippen molar-refractivity contribution >= 4 is 17.4 Å². The molecule has 2 heterocycles. The number of anilines is 1. The van der Waals surface area contributed by atoms with E-state index in [1.165, 1.54) is 11.1 Å². The number of aromatic nitrogens is 2. The summed E-state index contributed by atoms with van der Waals surface area (Å²) in [7, 11) is 0. The second-order valence-electron chi connectivity index (χ2n) is 5.71. The van der Waals surface area contributed by atoms with E-state index >= 15 is 0 Å². The summed E-state index contributed by atoms with van der Waals surface area (Å²) >= 11 is 5.83. The van der Waals surface area contributed by atoms with Crippen LogP contribution in [0.25, 0.3) is 0 Å². The Morgan fingerprint density at radius 2 is 1.74 bits per heavy atom. The zero-order chi connectivity index (χ0) is 15.8. The summed E-state index contributed by atoms with van der Waals surface area (Å²) in [4.78, 5) is 2.22. The first-order valence-electron chi connectivity index (χ1n) is 7.49. The first-order valence-corrected chi connectivity index (χ1v) is 7.86. The molecule has 3 nitrogen and oxygen atoms in total. The Hall–Kier alpha value is -2.33. The molecule has 0 aliphatic carbocycles. The molecule has 0 spiro atoms. The average Bonchev–Trinajstić information content (AvgIpc) is 3.18. The molecule has 1 aromatic heterocycles. The van der Waals surface area contributed by atoms with Crippen molar-refractivity contribution in [2.75, 3.05) is 4.90 Å². The molecule has 0 N–H and O–H groups in total. The standard InChI is InChI=1S/C18H15ClFN3/c19-16-7-3-6-15(18(16)20)12-23-9-8-17(21-23)22-10-13-4-1-2-5-14(13)11-22/h1-9H,10-12H2. The van der Waals surface area contributed by atoms with Gasteiger partial charge >= 0.3 is 0 Å². The van der Waals surface area contributed by atoms with Gasteiger partial charge in [-0.3, -0.25) is 4.68 Å². The van der Waals surface area contributed by atoms with Crippen LogP contribution in [0.4, 0.5) is 10.2 Å². The fraction of sp³-hybridized carbons (Fsp3) is 0.167. The quantitative estimate of drug-likeness (QED) is 0.717. The molecule has 3 aromatic rings. The van der Waals surface area contributed by atoms with E-state index in [1.807, 2.05) is 12.3 Å². The van der Waals surface area contributed by atoms with Crippen LogP contribution < -0.4 is 4.90 Å². The van der Waals surface area contributed by atoms with Crippen molar-refractivity contribution in [3.63, 3.8) is 0 Å². The van der Waals surface area contributed by atoms with Crippen LogP contribution in [-0.2, 0) is 19.6 Å². The molecule has 0 saturated heterocycles. The van der Waals surface area contributed by atoms with E-state index in [4.69, 9.17) is 11.6 Å². The summed E-state index contributed by atoms with van der Waals surface area (Å²) in [6, 6.07) is 15.4. The Morgan fingerprint density at radius 1 is 1.00 bits per heavy atom. The summed E-state index contributed by atoms with van der Waals surface area (Å²) in [5.74, 6) is 0.531. The van der Waals surface area contributed by atoms with E-state index in [2.05, 4.69) is 34.3 Å². The molecular weight excluding hydrogens is 313 g/mol. The van der Waals surface area contributed by atoms with Crippen LogP contribution in [0.2, 0.25) is 5.02 Å². The molecule has 1 aliphatic rings. The zero-order valence-electron chi connectivity index (χ0n) is 12.4. The molecule has 0 bridgehead atoms. The zero-order valence-corrected chi connectivity index (χ0v) is 13.2. The number of halogens is 2. The smallest absolute Gasteiger partial charge is 0.151 e. The number of nitrogens with zero attached hydrogens (tertiary/aromatic N) is 3. The second-order valence-corrected chi connectivity index (χ2v) is 6.12. The average molecular weight is 328 g/mol. The third-order valence-electron chi connectivity index (χ3n) is 4.16. The van der Waals surface area contributed by atoms with Gasteiger partial charge in [-0.05, 0) is 17.2 Å². The third kappa shape index (κ3) is 2.70. The van der Waals surface area contributed by atoms with Crippen LogP contribution in [0.15, 0.2) is 54.7 Å². The molecule has 0 radical (unpaired) electrons. The maximum absolute atomic E-state index is 14.0. The molecule has 4 rings (SSSR count). The monoisotopic (exact) mass is 327 g/mol. The molecule has 2 aromatic carbocycles. The Kier molecular flexibility index (Phi) is 3.54.